The second-order valence-corrected chi connectivity index (χ2v) is 4.23. The summed E-state index contributed by atoms with van der Waals surface area (Å²) < 4.78 is 0. The Labute approximate surface area is 99.2 Å². The molecular weight excluding hydrogens is 200 g/mol. The Kier molecular flexibility index (Phi) is 9.76. The molecule has 0 aliphatic heterocycles. The van der Waals surface area contributed by atoms with Crippen molar-refractivity contribution in [2.45, 2.75) is 65.2 Å². The molecule has 0 aromatic heterocycles. The minimum absolute atomic E-state index is 0.0268. The molecule has 0 radical (unpaired) electrons. The van der Waals surface area contributed by atoms with Crippen molar-refractivity contribution in [3.05, 3.63) is 0 Å². The molecule has 0 aromatic carbocycles. The van der Waals surface area contributed by atoms with E-state index in [4.69, 9.17) is 11.5 Å². The maximum Gasteiger partial charge on any atom is 0.211 e. The van der Waals surface area contributed by atoms with E-state index in [0.29, 0.717) is 0 Å². The largest absolute Gasteiger partial charge is 0.369 e. The van der Waals surface area contributed by atoms with Crippen LogP contribution in [0.1, 0.15) is 65.2 Å². The Hall–Kier alpha value is -1.06. The molecule has 0 bridgehead atoms. The van der Waals surface area contributed by atoms with Crippen molar-refractivity contribution in [2.75, 3.05) is 0 Å². The molecule has 0 aliphatic carbocycles. The molecule has 94 valence electrons. The smallest absolute Gasteiger partial charge is 0.211 e. The number of unbranched alkanes of at least 4 members (excludes halogenated alkanes) is 6. The van der Waals surface area contributed by atoms with Gasteiger partial charge in [0.15, 0.2) is 0 Å². The van der Waals surface area contributed by atoms with E-state index < -0.39 is 0 Å². The Bertz CT molecular complexity index is 217. The van der Waals surface area contributed by atoms with Crippen LogP contribution in [-0.2, 0) is 0 Å². The van der Waals surface area contributed by atoms with Gasteiger partial charge in [0.05, 0.1) is 0 Å². The monoisotopic (exact) mass is 226 g/mol. The molecule has 0 rings (SSSR count). The molecule has 4 heteroatoms. The third-order valence-electron chi connectivity index (χ3n) is 2.48. The molecule has 0 amide bonds. The van der Waals surface area contributed by atoms with Crippen LogP contribution in [0.4, 0.5) is 0 Å². The van der Waals surface area contributed by atoms with Crippen LogP contribution in [0.2, 0.25) is 0 Å². The average Bonchev–Trinajstić information content (AvgIpc) is 2.25. The van der Waals surface area contributed by atoms with Gasteiger partial charge in [-0.15, -0.1) is 5.10 Å². The summed E-state index contributed by atoms with van der Waals surface area (Å²) >= 11 is 0. The second kappa shape index (κ2) is 10.5. The molecule has 0 saturated heterocycles. The van der Waals surface area contributed by atoms with E-state index in [9.17, 15) is 0 Å². The summed E-state index contributed by atoms with van der Waals surface area (Å²) in [6.45, 7) is 4.20. The molecule has 0 heterocycles. The summed E-state index contributed by atoms with van der Waals surface area (Å²) in [6.07, 6.45) is 10.2. The fourth-order valence-corrected chi connectivity index (χ4v) is 1.53. The van der Waals surface area contributed by atoms with Gasteiger partial charge in [0.25, 0.3) is 0 Å². The normalized spacial score (nSPS) is 11.5. The number of hydrogen-bond acceptors (Lipinski definition) is 2. The SMILES string of the molecule is CCCCCCCCC/C(C)=N\N=C(N)N. The highest BCUT2D eigenvalue weighted by atomic mass is 15.3. The van der Waals surface area contributed by atoms with Crippen molar-refractivity contribution in [3.63, 3.8) is 0 Å². The summed E-state index contributed by atoms with van der Waals surface area (Å²) in [7, 11) is 0. The van der Waals surface area contributed by atoms with Crippen LogP contribution in [-0.4, -0.2) is 11.7 Å². The first kappa shape index (κ1) is 14.9. The summed E-state index contributed by atoms with van der Waals surface area (Å²) in [5.74, 6) is 0.0268. The molecule has 4 nitrogen and oxygen atoms in total. The standard InChI is InChI=1S/C12H26N4/c1-3-4-5-6-7-8-9-10-11(2)15-16-12(13)14/h3-10H2,1-2H3,(H4,13,14,16)/b15-11-. The van der Waals surface area contributed by atoms with Gasteiger partial charge in [-0.1, -0.05) is 45.4 Å². The highest BCUT2D eigenvalue weighted by Crippen LogP contribution is 2.08. The summed E-state index contributed by atoms with van der Waals surface area (Å²) in [6, 6.07) is 0. The lowest BCUT2D eigenvalue weighted by atomic mass is 10.1. The predicted octanol–water partition coefficient (Wildman–Crippen LogP) is 2.78. The molecule has 4 N–H and O–H groups in total. The summed E-state index contributed by atoms with van der Waals surface area (Å²) in [5, 5.41) is 7.55. The maximum absolute atomic E-state index is 5.18. The predicted molar refractivity (Wildman–Crippen MR) is 71.5 cm³/mol. The van der Waals surface area contributed by atoms with Gasteiger partial charge in [0, 0.05) is 5.71 Å². The third-order valence-corrected chi connectivity index (χ3v) is 2.48. The van der Waals surface area contributed by atoms with Crippen molar-refractivity contribution in [3.8, 4) is 0 Å². The first-order valence-electron chi connectivity index (χ1n) is 6.29. The molecule has 0 saturated carbocycles. The fourth-order valence-electron chi connectivity index (χ4n) is 1.53. The lowest BCUT2D eigenvalue weighted by Gasteiger charge is -2.00. The number of rotatable bonds is 9. The van der Waals surface area contributed by atoms with Crippen molar-refractivity contribution >= 4 is 11.7 Å². The van der Waals surface area contributed by atoms with Gasteiger partial charge in [0.2, 0.25) is 5.96 Å². The third kappa shape index (κ3) is 11.0. The lowest BCUT2D eigenvalue weighted by Crippen LogP contribution is -2.22. The highest BCUT2D eigenvalue weighted by molar-refractivity contribution is 5.83. The Balaban J connectivity index is 3.37. The Morgan fingerprint density at radius 2 is 1.44 bits per heavy atom. The van der Waals surface area contributed by atoms with Crippen LogP contribution in [0.5, 0.6) is 0 Å². The molecular formula is C12H26N4. The van der Waals surface area contributed by atoms with Gasteiger partial charge in [-0.2, -0.15) is 5.10 Å². The van der Waals surface area contributed by atoms with E-state index in [-0.39, 0.29) is 5.96 Å². The van der Waals surface area contributed by atoms with E-state index in [1.807, 2.05) is 6.92 Å². The fraction of sp³-hybridized carbons (Fsp3) is 0.833. The van der Waals surface area contributed by atoms with E-state index in [0.717, 1.165) is 12.1 Å². The second-order valence-electron chi connectivity index (χ2n) is 4.23. The van der Waals surface area contributed by atoms with Crippen LogP contribution in [0, 0.1) is 0 Å². The van der Waals surface area contributed by atoms with E-state index >= 15 is 0 Å². The number of guanidine groups is 1. The van der Waals surface area contributed by atoms with Gasteiger partial charge in [-0.05, 0) is 19.8 Å². The molecule has 16 heavy (non-hydrogen) atoms. The zero-order chi connectivity index (χ0) is 12.2. The summed E-state index contributed by atoms with van der Waals surface area (Å²) in [4.78, 5) is 0. The minimum atomic E-state index is 0.0268. The minimum Gasteiger partial charge on any atom is -0.369 e. The average molecular weight is 226 g/mol. The van der Waals surface area contributed by atoms with Crippen LogP contribution in [0.15, 0.2) is 10.2 Å². The van der Waals surface area contributed by atoms with Crippen molar-refractivity contribution < 1.29 is 0 Å². The number of nitrogens with two attached hydrogens (primary N) is 2. The van der Waals surface area contributed by atoms with Crippen molar-refractivity contribution in [1.82, 2.24) is 0 Å². The molecule has 0 fully saturated rings. The van der Waals surface area contributed by atoms with Gasteiger partial charge < -0.3 is 11.5 Å². The lowest BCUT2D eigenvalue weighted by molar-refractivity contribution is 0.595. The molecule has 0 atom stereocenters. The van der Waals surface area contributed by atoms with E-state index in [1.54, 1.807) is 0 Å². The quantitative estimate of drug-likeness (QED) is 0.274. The maximum atomic E-state index is 5.18. The summed E-state index contributed by atoms with van der Waals surface area (Å²) in [5.41, 5.74) is 11.4. The Morgan fingerprint density at radius 3 is 2.00 bits per heavy atom. The zero-order valence-corrected chi connectivity index (χ0v) is 10.7. The zero-order valence-electron chi connectivity index (χ0n) is 10.7. The number of nitrogens with zero attached hydrogens (tertiary/aromatic N) is 2. The van der Waals surface area contributed by atoms with Gasteiger partial charge in [-0.25, -0.2) is 0 Å². The van der Waals surface area contributed by atoms with Crippen LogP contribution < -0.4 is 11.5 Å². The molecule has 0 unspecified atom stereocenters. The van der Waals surface area contributed by atoms with Crippen LogP contribution in [0.3, 0.4) is 0 Å². The van der Waals surface area contributed by atoms with Crippen molar-refractivity contribution in [1.29, 1.82) is 0 Å². The topological polar surface area (TPSA) is 76.8 Å². The van der Waals surface area contributed by atoms with E-state index in [2.05, 4.69) is 17.1 Å². The number of hydrogen-bond donors (Lipinski definition) is 2. The molecule has 0 aliphatic rings. The van der Waals surface area contributed by atoms with Crippen LogP contribution >= 0.6 is 0 Å². The Morgan fingerprint density at radius 1 is 0.875 bits per heavy atom. The first-order valence-corrected chi connectivity index (χ1v) is 6.29. The highest BCUT2D eigenvalue weighted by Gasteiger charge is 1.94. The van der Waals surface area contributed by atoms with Crippen LogP contribution in [0.25, 0.3) is 0 Å². The van der Waals surface area contributed by atoms with Gasteiger partial charge in [0.1, 0.15) is 0 Å². The molecule has 0 aromatic rings. The van der Waals surface area contributed by atoms with Crippen molar-refractivity contribution in [2.24, 2.45) is 21.7 Å². The van der Waals surface area contributed by atoms with Gasteiger partial charge >= 0.3 is 0 Å². The first-order chi connectivity index (χ1) is 7.66. The molecule has 0 spiro atoms. The van der Waals surface area contributed by atoms with Gasteiger partial charge in [-0.3, -0.25) is 0 Å². The van der Waals surface area contributed by atoms with E-state index in [1.165, 1.54) is 44.9 Å².